The van der Waals surface area contributed by atoms with Crippen molar-refractivity contribution in [2.45, 2.75) is 0 Å². The van der Waals surface area contributed by atoms with Gasteiger partial charge in [-0.1, -0.05) is 12.1 Å². The number of methoxy groups -OCH3 is 2. The summed E-state index contributed by atoms with van der Waals surface area (Å²) in [6.45, 7) is 0. The van der Waals surface area contributed by atoms with Crippen molar-refractivity contribution < 1.29 is 13.9 Å². The van der Waals surface area contributed by atoms with Gasteiger partial charge in [0.1, 0.15) is 0 Å². The van der Waals surface area contributed by atoms with Crippen molar-refractivity contribution >= 4 is 15.9 Å². The fourth-order valence-corrected chi connectivity index (χ4v) is 2.51. The summed E-state index contributed by atoms with van der Waals surface area (Å²) in [7, 11) is 3.18. The van der Waals surface area contributed by atoms with Crippen LogP contribution in [0.5, 0.6) is 11.5 Å². The predicted octanol–water partition coefficient (Wildman–Crippen LogP) is 4.18. The molecule has 112 valence electrons. The molecule has 0 spiro atoms. The van der Waals surface area contributed by atoms with E-state index in [9.17, 15) is 0 Å². The third-order valence-electron chi connectivity index (χ3n) is 3.16. The van der Waals surface area contributed by atoms with Gasteiger partial charge in [0, 0.05) is 10.0 Å². The summed E-state index contributed by atoms with van der Waals surface area (Å²) in [5.74, 6) is 2.14. The number of ether oxygens (including phenoxy) is 2. The topological polar surface area (TPSA) is 57.4 Å². The van der Waals surface area contributed by atoms with Gasteiger partial charge in [0.2, 0.25) is 11.8 Å². The minimum absolute atomic E-state index is 0.423. The van der Waals surface area contributed by atoms with Gasteiger partial charge in [0.15, 0.2) is 11.5 Å². The molecule has 0 aliphatic heterocycles. The van der Waals surface area contributed by atoms with E-state index in [0.717, 1.165) is 15.6 Å². The van der Waals surface area contributed by atoms with Gasteiger partial charge in [0.25, 0.3) is 0 Å². The standard InChI is InChI=1S/C16H13BrN2O3/c1-20-13-8-7-10(9-14(13)21-2)15-18-19-16(22-15)11-5-3-4-6-12(11)17/h3-9H,1-2H3. The number of hydrogen-bond acceptors (Lipinski definition) is 5. The van der Waals surface area contributed by atoms with E-state index >= 15 is 0 Å². The average Bonchev–Trinajstić information content (AvgIpc) is 3.04. The van der Waals surface area contributed by atoms with Gasteiger partial charge in [-0.05, 0) is 46.3 Å². The molecule has 0 N–H and O–H groups in total. The fraction of sp³-hybridized carbons (Fsp3) is 0.125. The van der Waals surface area contributed by atoms with Crippen molar-refractivity contribution in [1.82, 2.24) is 10.2 Å². The highest BCUT2D eigenvalue weighted by Gasteiger charge is 2.14. The van der Waals surface area contributed by atoms with Crippen molar-refractivity contribution in [3.05, 3.63) is 46.9 Å². The molecule has 3 rings (SSSR count). The SMILES string of the molecule is COc1ccc(-c2nnc(-c3ccccc3Br)o2)cc1OC. The van der Waals surface area contributed by atoms with E-state index in [1.165, 1.54) is 0 Å². The van der Waals surface area contributed by atoms with Crippen LogP contribution in [0.25, 0.3) is 22.9 Å². The molecule has 0 radical (unpaired) electrons. The van der Waals surface area contributed by atoms with Crippen LogP contribution in [0.4, 0.5) is 0 Å². The molecule has 3 aromatic rings. The maximum absolute atomic E-state index is 5.76. The van der Waals surface area contributed by atoms with Gasteiger partial charge in [-0.15, -0.1) is 10.2 Å². The molecule has 0 aliphatic carbocycles. The molecule has 6 heteroatoms. The zero-order chi connectivity index (χ0) is 15.5. The highest BCUT2D eigenvalue weighted by Crippen LogP contribution is 2.33. The van der Waals surface area contributed by atoms with Gasteiger partial charge >= 0.3 is 0 Å². The molecule has 5 nitrogen and oxygen atoms in total. The minimum atomic E-state index is 0.423. The summed E-state index contributed by atoms with van der Waals surface area (Å²) in [5.41, 5.74) is 1.62. The van der Waals surface area contributed by atoms with E-state index in [0.29, 0.717) is 23.3 Å². The summed E-state index contributed by atoms with van der Waals surface area (Å²) >= 11 is 3.48. The van der Waals surface area contributed by atoms with Gasteiger partial charge in [-0.25, -0.2) is 0 Å². The Bertz CT molecular complexity index is 802. The molecule has 0 bridgehead atoms. The van der Waals surface area contributed by atoms with Crippen LogP contribution in [0.15, 0.2) is 51.4 Å². The lowest BCUT2D eigenvalue weighted by atomic mass is 10.2. The van der Waals surface area contributed by atoms with Crippen LogP contribution in [-0.2, 0) is 0 Å². The zero-order valence-electron chi connectivity index (χ0n) is 12.0. The highest BCUT2D eigenvalue weighted by molar-refractivity contribution is 9.10. The Hall–Kier alpha value is -2.34. The molecular formula is C16H13BrN2O3. The molecule has 0 saturated heterocycles. The van der Waals surface area contributed by atoms with Gasteiger partial charge in [0.05, 0.1) is 19.8 Å². The Morgan fingerprint density at radius 3 is 2.36 bits per heavy atom. The van der Waals surface area contributed by atoms with Crippen LogP contribution in [0.2, 0.25) is 0 Å². The molecule has 0 amide bonds. The summed E-state index contributed by atoms with van der Waals surface area (Å²) in [4.78, 5) is 0. The second kappa shape index (κ2) is 6.19. The first-order chi connectivity index (χ1) is 10.7. The molecule has 0 atom stereocenters. The second-order valence-electron chi connectivity index (χ2n) is 4.46. The van der Waals surface area contributed by atoms with Gasteiger partial charge < -0.3 is 13.9 Å². The average molecular weight is 361 g/mol. The predicted molar refractivity (Wildman–Crippen MR) is 86.0 cm³/mol. The number of benzene rings is 2. The van der Waals surface area contributed by atoms with Crippen molar-refractivity contribution in [3.63, 3.8) is 0 Å². The van der Waals surface area contributed by atoms with Crippen LogP contribution in [0, 0.1) is 0 Å². The third-order valence-corrected chi connectivity index (χ3v) is 3.85. The Kier molecular flexibility index (Phi) is 4.11. The molecule has 0 saturated carbocycles. The first-order valence-electron chi connectivity index (χ1n) is 6.53. The quantitative estimate of drug-likeness (QED) is 0.698. The number of nitrogens with zero attached hydrogens (tertiary/aromatic N) is 2. The van der Waals surface area contributed by atoms with E-state index in [4.69, 9.17) is 13.9 Å². The van der Waals surface area contributed by atoms with Crippen LogP contribution >= 0.6 is 15.9 Å². The third kappa shape index (κ3) is 2.69. The van der Waals surface area contributed by atoms with Gasteiger partial charge in [-0.3, -0.25) is 0 Å². The Labute approximate surface area is 136 Å². The van der Waals surface area contributed by atoms with E-state index < -0.39 is 0 Å². The highest BCUT2D eigenvalue weighted by atomic mass is 79.9. The maximum atomic E-state index is 5.76. The van der Waals surface area contributed by atoms with Crippen molar-refractivity contribution in [1.29, 1.82) is 0 Å². The number of rotatable bonds is 4. The van der Waals surface area contributed by atoms with E-state index in [-0.39, 0.29) is 0 Å². The van der Waals surface area contributed by atoms with Gasteiger partial charge in [-0.2, -0.15) is 0 Å². The van der Waals surface area contributed by atoms with Crippen LogP contribution in [0.3, 0.4) is 0 Å². The summed E-state index contributed by atoms with van der Waals surface area (Å²) < 4.78 is 17.2. The smallest absolute Gasteiger partial charge is 0.249 e. The fourth-order valence-electron chi connectivity index (χ4n) is 2.05. The molecule has 0 fully saturated rings. The van der Waals surface area contributed by atoms with Crippen LogP contribution in [0.1, 0.15) is 0 Å². The number of hydrogen-bond donors (Lipinski definition) is 0. The molecule has 2 aromatic carbocycles. The summed E-state index contributed by atoms with van der Waals surface area (Å²) in [6, 6.07) is 13.1. The van der Waals surface area contributed by atoms with E-state index in [1.807, 2.05) is 30.3 Å². The maximum Gasteiger partial charge on any atom is 0.249 e. The lowest BCUT2D eigenvalue weighted by Gasteiger charge is -2.07. The van der Waals surface area contributed by atoms with E-state index in [2.05, 4.69) is 26.1 Å². The Morgan fingerprint density at radius 2 is 1.64 bits per heavy atom. The minimum Gasteiger partial charge on any atom is -0.493 e. The number of halogens is 1. The second-order valence-corrected chi connectivity index (χ2v) is 5.32. The molecular weight excluding hydrogens is 348 g/mol. The molecule has 0 unspecified atom stereocenters. The zero-order valence-corrected chi connectivity index (χ0v) is 13.6. The lowest BCUT2D eigenvalue weighted by molar-refractivity contribution is 0.355. The van der Waals surface area contributed by atoms with Crippen molar-refractivity contribution in [3.8, 4) is 34.4 Å². The Balaban J connectivity index is 1.99. The Morgan fingerprint density at radius 1 is 0.909 bits per heavy atom. The monoisotopic (exact) mass is 360 g/mol. The normalized spacial score (nSPS) is 10.5. The molecule has 1 heterocycles. The van der Waals surface area contributed by atoms with Crippen molar-refractivity contribution in [2.24, 2.45) is 0 Å². The van der Waals surface area contributed by atoms with Crippen LogP contribution < -0.4 is 9.47 Å². The first kappa shape index (κ1) is 14.6. The molecule has 1 aromatic heterocycles. The lowest BCUT2D eigenvalue weighted by Crippen LogP contribution is -1.90. The summed E-state index contributed by atoms with van der Waals surface area (Å²) in [6.07, 6.45) is 0. The van der Waals surface area contributed by atoms with Crippen molar-refractivity contribution in [2.75, 3.05) is 14.2 Å². The molecule has 0 aliphatic rings. The molecule has 22 heavy (non-hydrogen) atoms. The largest absolute Gasteiger partial charge is 0.493 e. The summed E-state index contributed by atoms with van der Waals surface area (Å²) in [5, 5.41) is 8.20. The van der Waals surface area contributed by atoms with Crippen LogP contribution in [-0.4, -0.2) is 24.4 Å². The number of aromatic nitrogens is 2. The van der Waals surface area contributed by atoms with E-state index in [1.54, 1.807) is 26.4 Å². The first-order valence-corrected chi connectivity index (χ1v) is 7.33.